The lowest BCUT2D eigenvalue weighted by atomic mass is 9.97. The molecule has 1 rings (SSSR count). The number of nitrogens with one attached hydrogen (secondary N) is 1. The molecule has 1 atom stereocenters. The van der Waals surface area contributed by atoms with Crippen molar-refractivity contribution in [2.24, 2.45) is 0 Å². The van der Waals surface area contributed by atoms with E-state index < -0.39 is 0 Å². The van der Waals surface area contributed by atoms with Crippen molar-refractivity contribution in [3.05, 3.63) is 0 Å². The smallest absolute Gasteiger partial charge is 0.00695 e. The molecule has 0 radical (unpaired) electrons. The summed E-state index contributed by atoms with van der Waals surface area (Å²) in [6.45, 7) is 3.56. The minimum Gasteiger partial charge on any atom is -0.311 e. The van der Waals surface area contributed by atoms with Crippen LogP contribution in [0.25, 0.3) is 0 Å². The molecule has 1 aliphatic carbocycles. The van der Waals surface area contributed by atoms with Gasteiger partial charge in [0.2, 0.25) is 0 Å². The molecule has 1 N–H and O–H groups in total. The third-order valence-corrected chi connectivity index (χ3v) is 4.63. The van der Waals surface area contributed by atoms with Gasteiger partial charge in [-0.25, -0.2) is 0 Å². The highest BCUT2D eigenvalue weighted by Gasteiger charge is 2.12. The highest BCUT2D eigenvalue weighted by atomic mass is 15.1. The van der Waals surface area contributed by atoms with E-state index in [0.717, 1.165) is 6.04 Å². The molecule has 1 fully saturated rings. The van der Waals surface area contributed by atoms with E-state index in [-0.39, 0.29) is 0 Å². The first kappa shape index (κ1) is 18.0. The molecular formula is C18H38N2. The summed E-state index contributed by atoms with van der Waals surface area (Å²) in [5.41, 5.74) is 0. The number of rotatable bonds is 5. The first-order valence-corrected chi connectivity index (χ1v) is 9.09. The lowest BCUT2D eigenvalue weighted by Crippen LogP contribution is -2.38. The molecule has 1 unspecified atom stereocenters. The Hall–Kier alpha value is -0.0800. The summed E-state index contributed by atoms with van der Waals surface area (Å²) in [4.78, 5) is 2.29. The van der Waals surface area contributed by atoms with Crippen molar-refractivity contribution in [1.29, 1.82) is 0 Å². The fraction of sp³-hybridized carbons (Fsp3) is 1.00. The average molecular weight is 283 g/mol. The summed E-state index contributed by atoms with van der Waals surface area (Å²) in [6, 6.07) is 1.43. The van der Waals surface area contributed by atoms with Crippen LogP contribution in [0.3, 0.4) is 0 Å². The van der Waals surface area contributed by atoms with Crippen LogP contribution in [0.2, 0.25) is 0 Å². The average Bonchev–Trinajstić information content (AvgIpc) is 2.39. The fourth-order valence-corrected chi connectivity index (χ4v) is 3.27. The van der Waals surface area contributed by atoms with Gasteiger partial charge < -0.3 is 10.2 Å². The van der Waals surface area contributed by atoms with Gasteiger partial charge in [-0.1, -0.05) is 57.8 Å². The first-order chi connectivity index (χ1) is 9.68. The Morgan fingerprint density at radius 1 is 0.850 bits per heavy atom. The minimum absolute atomic E-state index is 0.662. The van der Waals surface area contributed by atoms with Crippen LogP contribution in [0.4, 0.5) is 0 Å². The highest BCUT2D eigenvalue weighted by molar-refractivity contribution is 4.73. The molecule has 20 heavy (non-hydrogen) atoms. The molecule has 0 heterocycles. The zero-order valence-electron chi connectivity index (χ0n) is 14.3. The Kier molecular flexibility index (Phi) is 10.4. The lowest BCUT2D eigenvalue weighted by molar-refractivity contribution is 0.326. The first-order valence-electron chi connectivity index (χ1n) is 9.09. The molecule has 0 aromatic heterocycles. The molecule has 0 aromatic rings. The number of hydrogen-bond acceptors (Lipinski definition) is 2. The predicted molar refractivity (Wildman–Crippen MR) is 90.3 cm³/mol. The summed E-state index contributed by atoms with van der Waals surface area (Å²) < 4.78 is 0. The minimum atomic E-state index is 0.662. The van der Waals surface area contributed by atoms with Gasteiger partial charge in [0, 0.05) is 12.1 Å². The molecular weight excluding hydrogens is 244 g/mol. The zero-order chi connectivity index (χ0) is 14.6. The van der Waals surface area contributed by atoms with Crippen LogP contribution in [-0.4, -0.2) is 37.6 Å². The summed E-state index contributed by atoms with van der Waals surface area (Å²) >= 11 is 0. The summed E-state index contributed by atoms with van der Waals surface area (Å²) in [6.07, 6.45) is 17.1. The van der Waals surface area contributed by atoms with E-state index in [9.17, 15) is 0 Å². The van der Waals surface area contributed by atoms with Gasteiger partial charge >= 0.3 is 0 Å². The van der Waals surface area contributed by atoms with Gasteiger partial charge in [0.15, 0.2) is 0 Å². The van der Waals surface area contributed by atoms with E-state index in [0.29, 0.717) is 6.04 Å². The molecule has 0 aliphatic heterocycles. The van der Waals surface area contributed by atoms with Crippen LogP contribution in [0.1, 0.15) is 84.0 Å². The van der Waals surface area contributed by atoms with Crippen molar-refractivity contribution >= 4 is 0 Å². The largest absolute Gasteiger partial charge is 0.311 e. The van der Waals surface area contributed by atoms with Gasteiger partial charge in [0.05, 0.1) is 0 Å². The topological polar surface area (TPSA) is 15.3 Å². The molecule has 2 heteroatoms. The Morgan fingerprint density at radius 2 is 1.30 bits per heavy atom. The molecule has 0 saturated heterocycles. The van der Waals surface area contributed by atoms with Gasteiger partial charge in [0.1, 0.15) is 0 Å². The van der Waals surface area contributed by atoms with Gasteiger partial charge in [-0.3, -0.25) is 0 Å². The molecule has 0 amide bonds. The predicted octanol–water partition coefficient (Wildman–Crippen LogP) is 4.59. The maximum Gasteiger partial charge on any atom is 0.00695 e. The summed E-state index contributed by atoms with van der Waals surface area (Å²) in [5.74, 6) is 0. The van der Waals surface area contributed by atoms with Gasteiger partial charge in [-0.05, 0) is 46.8 Å². The molecule has 1 saturated carbocycles. The van der Waals surface area contributed by atoms with E-state index in [1.807, 2.05) is 0 Å². The lowest BCUT2D eigenvalue weighted by Gasteiger charge is -2.25. The Labute approximate surface area is 127 Å². The van der Waals surface area contributed by atoms with Crippen LogP contribution in [0.15, 0.2) is 0 Å². The van der Waals surface area contributed by atoms with E-state index in [1.165, 1.54) is 83.6 Å². The van der Waals surface area contributed by atoms with Gasteiger partial charge in [0.25, 0.3) is 0 Å². The maximum atomic E-state index is 3.90. The van der Waals surface area contributed by atoms with Crippen molar-refractivity contribution in [3.63, 3.8) is 0 Å². The Bertz CT molecular complexity index is 203. The fourth-order valence-electron chi connectivity index (χ4n) is 3.27. The monoisotopic (exact) mass is 282 g/mol. The van der Waals surface area contributed by atoms with Gasteiger partial charge in [-0.15, -0.1) is 0 Å². The van der Waals surface area contributed by atoms with Crippen molar-refractivity contribution in [2.45, 2.75) is 96.1 Å². The summed E-state index contributed by atoms with van der Waals surface area (Å²) in [5, 5.41) is 3.90. The van der Waals surface area contributed by atoms with Crippen LogP contribution in [-0.2, 0) is 0 Å². The van der Waals surface area contributed by atoms with Crippen molar-refractivity contribution in [3.8, 4) is 0 Å². The van der Waals surface area contributed by atoms with Crippen LogP contribution < -0.4 is 5.32 Å². The Morgan fingerprint density at radius 3 is 1.75 bits per heavy atom. The molecule has 0 aromatic carbocycles. The quantitative estimate of drug-likeness (QED) is 0.793. The second-order valence-electron chi connectivity index (χ2n) is 7.12. The summed E-state index contributed by atoms with van der Waals surface area (Å²) in [7, 11) is 4.34. The third kappa shape index (κ3) is 9.77. The molecule has 2 nitrogen and oxygen atoms in total. The van der Waals surface area contributed by atoms with E-state index >= 15 is 0 Å². The molecule has 0 bridgehead atoms. The van der Waals surface area contributed by atoms with Crippen molar-refractivity contribution in [2.75, 3.05) is 20.6 Å². The maximum absolute atomic E-state index is 3.90. The molecule has 0 spiro atoms. The molecule has 1 aliphatic rings. The second-order valence-corrected chi connectivity index (χ2v) is 7.12. The second kappa shape index (κ2) is 11.6. The third-order valence-electron chi connectivity index (χ3n) is 4.63. The van der Waals surface area contributed by atoms with Crippen LogP contribution in [0, 0.1) is 0 Å². The van der Waals surface area contributed by atoms with Crippen LogP contribution in [0.5, 0.6) is 0 Å². The van der Waals surface area contributed by atoms with Gasteiger partial charge in [-0.2, -0.15) is 0 Å². The van der Waals surface area contributed by atoms with Crippen LogP contribution >= 0.6 is 0 Å². The van der Waals surface area contributed by atoms with Crippen molar-refractivity contribution < 1.29 is 0 Å². The van der Waals surface area contributed by atoms with E-state index in [2.05, 4.69) is 31.2 Å². The molecule has 120 valence electrons. The SMILES string of the molecule is CC(CCN(C)C)NC1CCCCCCCCCCC1. The normalized spacial score (nSPS) is 22.2. The van der Waals surface area contributed by atoms with E-state index in [4.69, 9.17) is 0 Å². The Balaban J connectivity index is 2.26. The number of nitrogens with zero attached hydrogens (tertiary/aromatic N) is 1. The standard InChI is InChI=1S/C18H38N2/c1-17(15-16-20(2)3)19-18-13-11-9-7-5-4-6-8-10-12-14-18/h17-19H,4-16H2,1-3H3. The highest BCUT2D eigenvalue weighted by Crippen LogP contribution is 2.17. The number of hydrogen-bond donors (Lipinski definition) is 1. The van der Waals surface area contributed by atoms with Crippen molar-refractivity contribution in [1.82, 2.24) is 10.2 Å². The van der Waals surface area contributed by atoms with E-state index in [1.54, 1.807) is 0 Å². The zero-order valence-corrected chi connectivity index (χ0v) is 14.3.